The van der Waals surface area contributed by atoms with E-state index in [1.807, 2.05) is 18.2 Å². The molecule has 0 spiro atoms. The average molecular weight is 313 g/mol. The summed E-state index contributed by atoms with van der Waals surface area (Å²) in [6.07, 6.45) is 6.96. The first-order valence-electron chi connectivity index (χ1n) is 7.69. The molecule has 0 amide bonds. The average Bonchev–Trinajstić information content (AvgIpc) is 2.53. The summed E-state index contributed by atoms with van der Waals surface area (Å²) in [6.45, 7) is 0.910. The van der Waals surface area contributed by atoms with Gasteiger partial charge in [-0.1, -0.05) is 6.07 Å². The van der Waals surface area contributed by atoms with Gasteiger partial charge in [-0.15, -0.1) is 11.6 Å². The number of hydrogen-bond donors (Lipinski definition) is 0. The fourth-order valence-corrected chi connectivity index (χ4v) is 3.07. The van der Waals surface area contributed by atoms with Crippen LogP contribution in [0.4, 0.5) is 0 Å². The van der Waals surface area contributed by atoms with E-state index in [1.54, 1.807) is 14.2 Å². The lowest BCUT2D eigenvalue weighted by atomic mass is 10.0. The second kappa shape index (κ2) is 8.50. The summed E-state index contributed by atoms with van der Waals surface area (Å²) in [4.78, 5) is 0. The molecule has 21 heavy (non-hydrogen) atoms. The van der Waals surface area contributed by atoms with Gasteiger partial charge >= 0.3 is 0 Å². The third-order valence-electron chi connectivity index (χ3n) is 3.98. The summed E-state index contributed by atoms with van der Waals surface area (Å²) in [5.41, 5.74) is 1.18. The highest BCUT2D eigenvalue weighted by Crippen LogP contribution is 2.29. The SMILES string of the molecule is COc1ccc(CC(Cl)CCC2CCCCO2)cc1OC. The van der Waals surface area contributed by atoms with Gasteiger partial charge in [0, 0.05) is 12.0 Å². The predicted molar refractivity (Wildman–Crippen MR) is 85.7 cm³/mol. The number of hydrogen-bond acceptors (Lipinski definition) is 3. The minimum absolute atomic E-state index is 0.133. The van der Waals surface area contributed by atoms with Gasteiger partial charge in [0.25, 0.3) is 0 Å². The van der Waals surface area contributed by atoms with E-state index in [0.717, 1.165) is 37.4 Å². The molecular weight excluding hydrogens is 288 g/mol. The molecule has 1 aromatic rings. The maximum Gasteiger partial charge on any atom is 0.160 e. The highest BCUT2D eigenvalue weighted by Gasteiger charge is 2.16. The van der Waals surface area contributed by atoms with Crippen LogP contribution in [0.3, 0.4) is 0 Å². The lowest BCUT2D eigenvalue weighted by Crippen LogP contribution is -2.20. The second-order valence-electron chi connectivity index (χ2n) is 5.56. The molecule has 0 aromatic heterocycles. The van der Waals surface area contributed by atoms with Gasteiger partial charge in [0.1, 0.15) is 0 Å². The lowest BCUT2D eigenvalue weighted by molar-refractivity contribution is 0.0100. The second-order valence-corrected chi connectivity index (χ2v) is 6.17. The van der Waals surface area contributed by atoms with Crippen molar-refractivity contribution in [3.05, 3.63) is 23.8 Å². The Kier molecular flexibility index (Phi) is 6.65. The molecule has 0 N–H and O–H groups in total. The Labute approximate surface area is 132 Å². The summed E-state index contributed by atoms with van der Waals surface area (Å²) in [6, 6.07) is 5.99. The molecule has 1 aliphatic heterocycles. The maximum absolute atomic E-state index is 6.48. The Morgan fingerprint density at radius 3 is 2.71 bits per heavy atom. The van der Waals surface area contributed by atoms with Crippen LogP contribution in [-0.2, 0) is 11.2 Å². The minimum Gasteiger partial charge on any atom is -0.493 e. The molecule has 0 radical (unpaired) electrons. The zero-order valence-corrected chi connectivity index (χ0v) is 13.7. The van der Waals surface area contributed by atoms with Crippen molar-refractivity contribution in [3.63, 3.8) is 0 Å². The van der Waals surface area contributed by atoms with Crippen LogP contribution in [0, 0.1) is 0 Å². The number of benzene rings is 1. The van der Waals surface area contributed by atoms with Crippen molar-refractivity contribution in [1.29, 1.82) is 0 Å². The number of halogens is 1. The van der Waals surface area contributed by atoms with Crippen molar-refractivity contribution < 1.29 is 14.2 Å². The van der Waals surface area contributed by atoms with E-state index in [4.69, 9.17) is 25.8 Å². The van der Waals surface area contributed by atoms with Crippen LogP contribution < -0.4 is 9.47 Å². The number of ether oxygens (including phenoxy) is 3. The van der Waals surface area contributed by atoms with Crippen LogP contribution in [0.1, 0.15) is 37.7 Å². The van der Waals surface area contributed by atoms with E-state index in [1.165, 1.54) is 24.8 Å². The van der Waals surface area contributed by atoms with E-state index >= 15 is 0 Å². The van der Waals surface area contributed by atoms with E-state index in [2.05, 4.69) is 0 Å². The zero-order chi connectivity index (χ0) is 15.1. The van der Waals surface area contributed by atoms with Crippen molar-refractivity contribution in [1.82, 2.24) is 0 Å². The normalized spacial score (nSPS) is 20.0. The van der Waals surface area contributed by atoms with Crippen LogP contribution in [0.15, 0.2) is 18.2 Å². The van der Waals surface area contributed by atoms with Crippen LogP contribution in [0.2, 0.25) is 0 Å². The molecule has 3 nitrogen and oxygen atoms in total. The molecule has 2 rings (SSSR count). The molecule has 0 aliphatic carbocycles. The highest BCUT2D eigenvalue weighted by atomic mass is 35.5. The molecule has 1 heterocycles. The van der Waals surface area contributed by atoms with Crippen molar-refractivity contribution in [2.75, 3.05) is 20.8 Å². The maximum atomic E-state index is 6.48. The minimum atomic E-state index is 0.133. The Balaban J connectivity index is 1.82. The fourth-order valence-electron chi connectivity index (χ4n) is 2.77. The van der Waals surface area contributed by atoms with Gasteiger partial charge in [-0.25, -0.2) is 0 Å². The monoisotopic (exact) mass is 312 g/mol. The summed E-state index contributed by atoms with van der Waals surface area (Å²) < 4.78 is 16.3. The zero-order valence-electron chi connectivity index (χ0n) is 12.9. The Hall–Kier alpha value is -0.930. The van der Waals surface area contributed by atoms with Gasteiger partial charge < -0.3 is 14.2 Å². The largest absolute Gasteiger partial charge is 0.493 e. The number of methoxy groups -OCH3 is 2. The quantitative estimate of drug-likeness (QED) is 0.706. The van der Waals surface area contributed by atoms with Crippen molar-refractivity contribution in [2.24, 2.45) is 0 Å². The van der Waals surface area contributed by atoms with E-state index < -0.39 is 0 Å². The van der Waals surface area contributed by atoms with Gasteiger partial charge in [0.2, 0.25) is 0 Å². The summed E-state index contributed by atoms with van der Waals surface area (Å²) >= 11 is 6.48. The molecule has 1 saturated heterocycles. The first kappa shape index (κ1) is 16.4. The van der Waals surface area contributed by atoms with Crippen molar-refractivity contribution in [2.45, 2.75) is 50.0 Å². The summed E-state index contributed by atoms with van der Waals surface area (Å²) in [7, 11) is 3.30. The first-order chi connectivity index (χ1) is 10.2. The molecule has 118 valence electrons. The summed E-state index contributed by atoms with van der Waals surface area (Å²) in [5.74, 6) is 1.51. The number of alkyl halides is 1. The van der Waals surface area contributed by atoms with Gasteiger partial charge in [-0.2, -0.15) is 0 Å². The van der Waals surface area contributed by atoms with Crippen molar-refractivity contribution >= 4 is 11.6 Å². The van der Waals surface area contributed by atoms with Gasteiger partial charge in [0.05, 0.1) is 20.3 Å². The van der Waals surface area contributed by atoms with Crippen molar-refractivity contribution in [3.8, 4) is 11.5 Å². The predicted octanol–water partition coefficient (Wildman–Crippen LogP) is 4.20. The molecule has 4 heteroatoms. The van der Waals surface area contributed by atoms with E-state index in [-0.39, 0.29) is 5.38 Å². The Morgan fingerprint density at radius 1 is 1.24 bits per heavy atom. The van der Waals surface area contributed by atoms with Crippen LogP contribution >= 0.6 is 11.6 Å². The van der Waals surface area contributed by atoms with Crippen LogP contribution in [0.25, 0.3) is 0 Å². The third kappa shape index (κ3) is 5.08. The standard InChI is InChI=1S/C17H25ClO3/c1-19-16-9-6-13(12-17(16)20-2)11-14(18)7-8-15-5-3-4-10-21-15/h6,9,12,14-15H,3-5,7-8,10-11H2,1-2H3. The molecule has 1 fully saturated rings. The molecule has 0 bridgehead atoms. The van der Waals surface area contributed by atoms with Crippen LogP contribution in [-0.4, -0.2) is 32.3 Å². The van der Waals surface area contributed by atoms with E-state index in [0.29, 0.717) is 6.10 Å². The fraction of sp³-hybridized carbons (Fsp3) is 0.647. The molecular formula is C17H25ClO3. The van der Waals surface area contributed by atoms with Gasteiger partial charge in [0.15, 0.2) is 11.5 Å². The first-order valence-corrected chi connectivity index (χ1v) is 8.13. The highest BCUT2D eigenvalue weighted by molar-refractivity contribution is 6.20. The molecule has 2 atom stereocenters. The third-order valence-corrected chi connectivity index (χ3v) is 4.35. The molecule has 0 saturated carbocycles. The molecule has 1 aromatic carbocycles. The van der Waals surface area contributed by atoms with Gasteiger partial charge in [-0.3, -0.25) is 0 Å². The smallest absolute Gasteiger partial charge is 0.160 e. The lowest BCUT2D eigenvalue weighted by Gasteiger charge is -2.23. The topological polar surface area (TPSA) is 27.7 Å². The molecule has 2 unspecified atom stereocenters. The van der Waals surface area contributed by atoms with Crippen LogP contribution in [0.5, 0.6) is 11.5 Å². The Morgan fingerprint density at radius 2 is 2.05 bits per heavy atom. The summed E-state index contributed by atoms with van der Waals surface area (Å²) in [5, 5.41) is 0.133. The number of rotatable bonds is 7. The molecule has 1 aliphatic rings. The van der Waals surface area contributed by atoms with Gasteiger partial charge in [-0.05, 0) is 56.2 Å². The Bertz CT molecular complexity index is 430. The van der Waals surface area contributed by atoms with E-state index in [9.17, 15) is 0 Å².